The second-order valence-electron chi connectivity index (χ2n) is 7.00. The number of aryl methyl sites for hydroxylation is 4. The van der Waals surface area contributed by atoms with E-state index in [1.165, 1.54) is 6.07 Å². The Morgan fingerprint density at radius 1 is 1.14 bits per heavy atom. The molecule has 1 aromatic heterocycles. The summed E-state index contributed by atoms with van der Waals surface area (Å²) in [6, 6.07) is 7.33. The van der Waals surface area contributed by atoms with Crippen molar-refractivity contribution in [3.63, 3.8) is 0 Å². The zero-order chi connectivity index (χ0) is 20.6. The molecule has 3 aromatic rings. The van der Waals surface area contributed by atoms with Crippen LogP contribution in [-0.4, -0.2) is 21.3 Å². The summed E-state index contributed by atoms with van der Waals surface area (Å²) >= 11 is 0. The van der Waals surface area contributed by atoms with Crippen LogP contribution in [0.5, 0.6) is 11.5 Å². The second-order valence-corrected chi connectivity index (χ2v) is 7.00. The van der Waals surface area contributed by atoms with E-state index in [-0.39, 0.29) is 28.5 Å². The highest BCUT2D eigenvalue weighted by molar-refractivity contribution is 6.09. The van der Waals surface area contributed by atoms with Crippen molar-refractivity contribution in [3.05, 3.63) is 57.8 Å². The van der Waals surface area contributed by atoms with Crippen LogP contribution in [0.3, 0.4) is 0 Å². The van der Waals surface area contributed by atoms with Gasteiger partial charge in [0.25, 0.3) is 5.91 Å². The molecule has 0 unspecified atom stereocenters. The third-order valence-electron chi connectivity index (χ3n) is 5.00. The lowest BCUT2D eigenvalue weighted by Crippen LogP contribution is -2.14. The van der Waals surface area contributed by atoms with Crippen LogP contribution in [0.15, 0.2) is 28.8 Å². The second kappa shape index (κ2) is 7.38. The highest BCUT2D eigenvalue weighted by Gasteiger charge is 2.24. The molecule has 0 saturated carbocycles. The van der Waals surface area contributed by atoms with Gasteiger partial charge in [-0.05, 0) is 56.9 Å². The molecule has 28 heavy (non-hydrogen) atoms. The van der Waals surface area contributed by atoms with E-state index in [9.17, 15) is 15.0 Å². The monoisotopic (exact) mass is 380 g/mol. The van der Waals surface area contributed by atoms with Gasteiger partial charge in [0.15, 0.2) is 0 Å². The molecule has 0 aliphatic heterocycles. The molecule has 146 valence electrons. The van der Waals surface area contributed by atoms with Gasteiger partial charge in [-0.1, -0.05) is 35.8 Å². The largest absolute Gasteiger partial charge is 0.507 e. The molecule has 0 bridgehead atoms. The van der Waals surface area contributed by atoms with Gasteiger partial charge in [0, 0.05) is 5.56 Å². The van der Waals surface area contributed by atoms with Crippen LogP contribution in [0.1, 0.15) is 45.2 Å². The molecule has 0 radical (unpaired) electrons. The van der Waals surface area contributed by atoms with E-state index in [4.69, 9.17) is 4.52 Å². The molecule has 6 heteroatoms. The first-order valence-electron chi connectivity index (χ1n) is 9.14. The number of nitrogens with one attached hydrogen (secondary N) is 1. The third-order valence-corrected chi connectivity index (χ3v) is 5.00. The van der Waals surface area contributed by atoms with Crippen LogP contribution in [0.4, 0.5) is 5.88 Å². The summed E-state index contributed by atoms with van der Waals surface area (Å²) < 4.78 is 5.14. The molecule has 0 aliphatic rings. The van der Waals surface area contributed by atoms with Gasteiger partial charge in [0.2, 0.25) is 5.88 Å². The summed E-state index contributed by atoms with van der Waals surface area (Å²) in [5.74, 6) is -0.621. The summed E-state index contributed by atoms with van der Waals surface area (Å²) in [6.07, 6.45) is 0.723. The molecule has 3 N–H and O–H groups in total. The number of aromatic nitrogens is 1. The fourth-order valence-corrected chi connectivity index (χ4v) is 3.26. The topological polar surface area (TPSA) is 95.6 Å². The molecule has 1 heterocycles. The number of amides is 1. The fourth-order valence-electron chi connectivity index (χ4n) is 3.26. The van der Waals surface area contributed by atoms with Gasteiger partial charge >= 0.3 is 0 Å². The van der Waals surface area contributed by atoms with E-state index in [1.807, 2.05) is 32.0 Å². The zero-order valence-corrected chi connectivity index (χ0v) is 16.7. The number of nitrogens with zero attached hydrogens (tertiary/aromatic N) is 1. The van der Waals surface area contributed by atoms with E-state index in [0.717, 1.165) is 23.1 Å². The average molecular weight is 380 g/mol. The van der Waals surface area contributed by atoms with Crippen molar-refractivity contribution in [2.45, 2.75) is 41.0 Å². The van der Waals surface area contributed by atoms with Crippen LogP contribution < -0.4 is 5.32 Å². The van der Waals surface area contributed by atoms with Crippen molar-refractivity contribution in [2.75, 3.05) is 5.32 Å². The van der Waals surface area contributed by atoms with E-state index < -0.39 is 5.91 Å². The quantitative estimate of drug-likeness (QED) is 0.604. The van der Waals surface area contributed by atoms with Gasteiger partial charge in [-0.25, -0.2) is 0 Å². The molecule has 1 amide bonds. The molecule has 6 nitrogen and oxygen atoms in total. The van der Waals surface area contributed by atoms with Crippen LogP contribution in [-0.2, 0) is 6.42 Å². The normalized spacial score (nSPS) is 10.9. The Labute approximate surface area is 163 Å². The number of benzene rings is 2. The molecule has 0 aliphatic carbocycles. The minimum absolute atomic E-state index is 0.0708. The van der Waals surface area contributed by atoms with Gasteiger partial charge in [-0.15, -0.1) is 0 Å². The maximum atomic E-state index is 12.9. The molecule has 0 spiro atoms. The maximum absolute atomic E-state index is 12.9. The Morgan fingerprint density at radius 3 is 2.46 bits per heavy atom. The van der Waals surface area contributed by atoms with Crippen molar-refractivity contribution in [2.24, 2.45) is 0 Å². The third kappa shape index (κ3) is 3.33. The maximum Gasteiger partial charge on any atom is 0.262 e. The lowest BCUT2D eigenvalue weighted by atomic mass is 9.91. The highest BCUT2D eigenvalue weighted by atomic mass is 16.5. The lowest BCUT2D eigenvalue weighted by molar-refractivity contribution is 0.102. The molecule has 0 atom stereocenters. The van der Waals surface area contributed by atoms with Gasteiger partial charge in [0.1, 0.15) is 11.5 Å². The molecular formula is C22H24N2O4. The van der Waals surface area contributed by atoms with E-state index in [0.29, 0.717) is 16.8 Å². The summed E-state index contributed by atoms with van der Waals surface area (Å²) in [5, 5.41) is 28.0. The van der Waals surface area contributed by atoms with Crippen LogP contribution in [0.2, 0.25) is 0 Å². The van der Waals surface area contributed by atoms with E-state index in [1.54, 1.807) is 20.8 Å². The average Bonchev–Trinajstić information content (AvgIpc) is 2.93. The van der Waals surface area contributed by atoms with Crippen LogP contribution in [0.25, 0.3) is 11.1 Å². The predicted molar refractivity (Wildman–Crippen MR) is 108 cm³/mol. The Bertz CT molecular complexity index is 1070. The zero-order valence-electron chi connectivity index (χ0n) is 16.7. The van der Waals surface area contributed by atoms with Crippen molar-refractivity contribution in [3.8, 4) is 22.6 Å². The molecular weight excluding hydrogens is 356 g/mol. The number of anilines is 1. The Balaban J connectivity index is 2.14. The molecule has 3 rings (SSSR count). The summed E-state index contributed by atoms with van der Waals surface area (Å²) in [6.45, 7) is 9.16. The minimum atomic E-state index is -0.527. The summed E-state index contributed by atoms with van der Waals surface area (Å²) in [7, 11) is 0. The fraction of sp³-hybridized carbons (Fsp3) is 0.273. The van der Waals surface area contributed by atoms with Crippen molar-refractivity contribution in [1.29, 1.82) is 0 Å². The SMILES string of the molecule is CCc1ccc(C)cc1-c1c(O)cc(C)c(C(=O)Nc2onc(C)c2C)c1O. The number of carbonyl (C=O) groups is 1. The first-order chi connectivity index (χ1) is 13.2. The number of rotatable bonds is 4. The van der Waals surface area contributed by atoms with Crippen LogP contribution in [0, 0.1) is 27.7 Å². The lowest BCUT2D eigenvalue weighted by Gasteiger charge is -2.17. The number of carbonyl (C=O) groups excluding carboxylic acids is 1. The van der Waals surface area contributed by atoms with Gasteiger partial charge in [0.05, 0.1) is 16.8 Å². The molecule has 0 fully saturated rings. The van der Waals surface area contributed by atoms with Gasteiger partial charge < -0.3 is 14.7 Å². The van der Waals surface area contributed by atoms with E-state index in [2.05, 4.69) is 10.5 Å². The number of hydrogen-bond donors (Lipinski definition) is 3. The number of hydrogen-bond acceptors (Lipinski definition) is 5. The minimum Gasteiger partial charge on any atom is -0.507 e. The number of phenolic OH excluding ortho intramolecular Hbond substituents is 2. The van der Waals surface area contributed by atoms with Crippen molar-refractivity contribution < 1.29 is 19.5 Å². The van der Waals surface area contributed by atoms with Crippen LogP contribution >= 0.6 is 0 Å². The van der Waals surface area contributed by atoms with Gasteiger partial charge in [-0.2, -0.15) is 0 Å². The Hall–Kier alpha value is -3.28. The summed E-state index contributed by atoms with van der Waals surface area (Å²) in [5.41, 5.74) is 4.85. The summed E-state index contributed by atoms with van der Waals surface area (Å²) in [4.78, 5) is 12.9. The highest BCUT2D eigenvalue weighted by Crippen LogP contribution is 2.43. The first kappa shape index (κ1) is 19.5. The van der Waals surface area contributed by atoms with E-state index >= 15 is 0 Å². The molecule has 0 saturated heterocycles. The molecule has 2 aromatic carbocycles. The first-order valence-corrected chi connectivity index (χ1v) is 9.14. The van der Waals surface area contributed by atoms with Gasteiger partial charge in [-0.3, -0.25) is 10.1 Å². The Kier molecular flexibility index (Phi) is 5.14. The van der Waals surface area contributed by atoms with Crippen molar-refractivity contribution in [1.82, 2.24) is 5.16 Å². The Morgan fingerprint density at radius 2 is 1.86 bits per heavy atom. The smallest absolute Gasteiger partial charge is 0.262 e. The van der Waals surface area contributed by atoms with Crippen molar-refractivity contribution >= 4 is 11.8 Å². The number of aromatic hydroxyl groups is 2. The standard InChI is InChI=1S/C22H24N2O4/c1-6-15-8-7-11(2)9-16(15)19-17(25)10-12(3)18(20(19)26)21(27)23-22-13(4)14(5)24-28-22/h7-10,25-26H,6H2,1-5H3,(H,23,27). The number of phenols is 2. The predicted octanol–water partition coefficient (Wildman–Crippen LogP) is 4.80.